The van der Waals surface area contributed by atoms with E-state index in [0.29, 0.717) is 0 Å². The van der Waals surface area contributed by atoms with Crippen LogP contribution in [0.1, 0.15) is 32.8 Å². The molecular formula is C24H24N6. The zero-order valence-corrected chi connectivity index (χ0v) is 17.3. The second-order valence-corrected chi connectivity index (χ2v) is 8.24. The lowest BCUT2D eigenvalue weighted by atomic mass is 9.82. The third kappa shape index (κ3) is 3.20. The Morgan fingerprint density at radius 3 is 2.73 bits per heavy atom. The van der Waals surface area contributed by atoms with Gasteiger partial charge in [-0.15, -0.1) is 0 Å². The van der Waals surface area contributed by atoms with Gasteiger partial charge in [0.05, 0.1) is 17.4 Å². The molecule has 0 aliphatic heterocycles. The van der Waals surface area contributed by atoms with Gasteiger partial charge in [0.15, 0.2) is 11.5 Å². The van der Waals surface area contributed by atoms with Crippen LogP contribution < -0.4 is 5.32 Å². The zero-order chi connectivity index (χ0) is 20.7. The maximum atomic E-state index is 4.89. The Balaban J connectivity index is 1.53. The first kappa shape index (κ1) is 18.4. The summed E-state index contributed by atoms with van der Waals surface area (Å²) < 4.78 is 2.00. The van der Waals surface area contributed by atoms with Gasteiger partial charge in [0.1, 0.15) is 0 Å². The SMILES string of the molecule is CCC(C)(C)c1ccc(Nc2nc(-c3ccc4cn[nH]c4c3)cn3ccnc23)cc1. The van der Waals surface area contributed by atoms with E-state index in [-0.39, 0.29) is 5.41 Å². The van der Waals surface area contributed by atoms with Crippen molar-refractivity contribution in [3.05, 3.63) is 72.8 Å². The van der Waals surface area contributed by atoms with Crippen LogP contribution in [0.4, 0.5) is 11.5 Å². The number of fused-ring (bicyclic) bond motifs is 2. The number of rotatable bonds is 5. The summed E-state index contributed by atoms with van der Waals surface area (Å²) in [6.07, 6.45) is 8.64. The van der Waals surface area contributed by atoms with Crippen molar-refractivity contribution in [3.63, 3.8) is 0 Å². The molecule has 0 radical (unpaired) electrons. The summed E-state index contributed by atoms with van der Waals surface area (Å²) in [6.45, 7) is 6.76. The average Bonchev–Trinajstić information content (AvgIpc) is 3.43. The molecule has 30 heavy (non-hydrogen) atoms. The highest BCUT2D eigenvalue weighted by molar-refractivity contribution is 5.83. The largest absolute Gasteiger partial charge is 0.337 e. The number of nitrogens with one attached hydrogen (secondary N) is 2. The number of hydrogen-bond donors (Lipinski definition) is 2. The van der Waals surface area contributed by atoms with E-state index in [9.17, 15) is 0 Å². The van der Waals surface area contributed by atoms with E-state index in [1.807, 2.05) is 23.0 Å². The first-order valence-electron chi connectivity index (χ1n) is 10.2. The molecule has 0 saturated carbocycles. The van der Waals surface area contributed by atoms with E-state index < -0.39 is 0 Å². The second kappa shape index (κ2) is 6.99. The minimum atomic E-state index is 0.165. The number of H-pyrrole nitrogens is 1. The van der Waals surface area contributed by atoms with E-state index >= 15 is 0 Å². The second-order valence-electron chi connectivity index (χ2n) is 8.24. The molecule has 3 aromatic heterocycles. The van der Waals surface area contributed by atoms with Gasteiger partial charge in [-0.3, -0.25) is 5.10 Å². The summed E-state index contributed by atoms with van der Waals surface area (Å²) in [5, 5.41) is 11.7. The maximum absolute atomic E-state index is 4.89. The highest BCUT2D eigenvalue weighted by Crippen LogP contribution is 2.30. The van der Waals surface area contributed by atoms with Crippen molar-refractivity contribution in [2.75, 3.05) is 5.32 Å². The van der Waals surface area contributed by atoms with Crippen LogP contribution in [0.3, 0.4) is 0 Å². The Morgan fingerprint density at radius 2 is 1.93 bits per heavy atom. The summed E-state index contributed by atoms with van der Waals surface area (Å²) in [5.41, 5.74) is 6.15. The number of aromatic nitrogens is 5. The Bertz CT molecular complexity index is 1330. The normalized spacial score (nSPS) is 12.0. The summed E-state index contributed by atoms with van der Waals surface area (Å²) in [6, 6.07) is 14.8. The van der Waals surface area contributed by atoms with E-state index in [0.717, 1.165) is 45.7 Å². The fraction of sp³-hybridized carbons (Fsp3) is 0.208. The van der Waals surface area contributed by atoms with Gasteiger partial charge in [0, 0.05) is 35.2 Å². The van der Waals surface area contributed by atoms with Crippen LogP contribution >= 0.6 is 0 Å². The number of benzene rings is 2. The molecule has 0 atom stereocenters. The van der Waals surface area contributed by atoms with Crippen LogP contribution in [0.5, 0.6) is 0 Å². The van der Waals surface area contributed by atoms with Crippen LogP contribution in [0.2, 0.25) is 0 Å². The van der Waals surface area contributed by atoms with Gasteiger partial charge >= 0.3 is 0 Å². The zero-order valence-electron chi connectivity index (χ0n) is 17.3. The number of imidazole rings is 1. The molecule has 2 aromatic carbocycles. The lowest BCUT2D eigenvalue weighted by molar-refractivity contribution is 0.506. The lowest BCUT2D eigenvalue weighted by Crippen LogP contribution is -2.15. The molecule has 0 saturated heterocycles. The molecular weight excluding hydrogens is 372 g/mol. The van der Waals surface area contributed by atoms with Crippen LogP contribution in [-0.4, -0.2) is 24.6 Å². The molecule has 3 heterocycles. The Morgan fingerprint density at radius 1 is 1.10 bits per heavy atom. The van der Waals surface area contributed by atoms with Crippen molar-refractivity contribution in [2.45, 2.75) is 32.6 Å². The number of aromatic amines is 1. The quantitative estimate of drug-likeness (QED) is 0.399. The molecule has 0 aliphatic rings. The van der Waals surface area contributed by atoms with E-state index in [2.05, 4.69) is 83.7 Å². The molecule has 0 unspecified atom stereocenters. The van der Waals surface area contributed by atoms with Crippen molar-refractivity contribution in [2.24, 2.45) is 0 Å². The summed E-state index contributed by atoms with van der Waals surface area (Å²) in [4.78, 5) is 9.37. The molecule has 0 spiro atoms. The van der Waals surface area contributed by atoms with Crippen LogP contribution in [0.15, 0.2) is 67.3 Å². The van der Waals surface area contributed by atoms with Gasteiger partial charge in [-0.1, -0.05) is 45.0 Å². The average molecular weight is 396 g/mol. The molecule has 5 aromatic rings. The molecule has 0 fully saturated rings. The first-order valence-corrected chi connectivity index (χ1v) is 10.2. The molecule has 0 amide bonds. The maximum Gasteiger partial charge on any atom is 0.180 e. The Hall–Kier alpha value is -3.67. The number of nitrogens with zero attached hydrogens (tertiary/aromatic N) is 4. The molecule has 6 nitrogen and oxygen atoms in total. The van der Waals surface area contributed by atoms with Gasteiger partial charge in [0.2, 0.25) is 0 Å². The van der Waals surface area contributed by atoms with Crippen molar-refractivity contribution in [1.82, 2.24) is 24.6 Å². The highest BCUT2D eigenvalue weighted by atomic mass is 15.1. The van der Waals surface area contributed by atoms with Gasteiger partial charge in [-0.25, -0.2) is 9.97 Å². The first-order chi connectivity index (χ1) is 14.5. The van der Waals surface area contributed by atoms with Gasteiger partial charge < -0.3 is 9.72 Å². The minimum Gasteiger partial charge on any atom is -0.337 e. The van der Waals surface area contributed by atoms with Crippen molar-refractivity contribution < 1.29 is 0 Å². The number of anilines is 2. The van der Waals surface area contributed by atoms with Gasteiger partial charge in [-0.05, 0) is 35.6 Å². The summed E-state index contributed by atoms with van der Waals surface area (Å²) >= 11 is 0. The molecule has 6 heteroatoms. The van der Waals surface area contributed by atoms with E-state index in [1.165, 1.54) is 5.56 Å². The lowest BCUT2D eigenvalue weighted by Gasteiger charge is -2.23. The third-order valence-corrected chi connectivity index (χ3v) is 5.92. The Kier molecular flexibility index (Phi) is 4.28. The minimum absolute atomic E-state index is 0.165. The predicted octanol–water partition coefficient (Wildman–Crippen LogP) is 5.70. The fourth-order valence-electron chi connectivity index (χ4n) is 3.60. The van der Waals surface area contributed by atoms with Crippen molar-refractivity contribution >= 4 is 28.1 Å². The van der Waals surface area contributed by atoms with Gasteiger partial charge in [0.25, 0.3) is 0 Å². The highest BCUT2D eigenvalue weighted by Gasteiger charge is 2.17. The standard InChI is InChI=1S/C24H24N6/c1-4-24(2,3)18-7-9-19(10-8-18)27-22-23-25-11-12-30(23)15-21(28-22)16-5-6-17-14-26-29-20(17)13-16/h5-15H,4H2,1-3H3,(H,26,29)(H,27,28). The van der Waals surface area contributed by atoms with E-state index in [4.69, 9.17) is 4.98 Å². The van der Waals surface area contributed by atoms with Gasteiger partial charge in [-0.2, -0.15) is 5.10 Å². The summed E-state index contributed by atoms with van der Waals surface area (Å²) in [5.74, 6) is 0.727. The molecule has 0 bridgehead atoms. The number of hydrogen-bond acceptors (Lipinski definition) is 4. The van der Waals surface area contributed by atoms with Crippen molar-refractivity contribution in [3.8, 4) is 11.3 Å². The summed E-state index contributed by atoms with van der Waals surface area (Å²) in [7, 11) is 0. The molecule has 5 rings (SSSR count). The third-order valence-electron chi connectivity index (χ3n) is 5.92. The van der Waals surface area contributed by atoms with Crippen LogP contribution in [-0.2, 0) is 5.41 Å². The smallest absolute Gasteiger partial charge is 0.180 e. The Labute approximate surface area is 175 Å². The van der Waals surface area contributed by atoms with Crippen molar-refractivity contribution in [1.29, 1.82) is 0 Å². The predicted molar refractivity (Wildman–Crippen MR) is 121 cm³/mol. The molecule has 150 valence electrons. The topological polar surface area (TPSA) is 70.9 Å². The van der Waals surface area contributed by atoms with Crippen LogP contribution in [0, 0.1) is 0 Å². The van der Waals surface area contributed by atoms with Crippen LogP contribution in [0.25, 0.3) is 27.8 Å². The van der Waals surface area contributed by atoms with E-state index in [1.54, 1.807) is 6.20 Å². The monoisotopic (exact) mass is 396 g/mol. The molecule has 2 N–H and O–H groups in total. The fourth-order valence-corrected chi connectivity index (χ4v) is 3.60. The molecule has 0 aliphatic carbocycles.